The van der Waals surface area contributed by atoms with Crippen LogP contribution in [0.5, 0.6) is 0 Å². The van der Waals surface area contributed by atoms with Crippen LogP contribution in [-0.4, -0.2) is 37.5 Å². The smallest absolute Gasteiger partial charge is 0.233 e. The molecule has 4 rings (SSSR count). The molecular weight excluding hydrogens is 442 g/mol. The summed E-state index contributed by atoms with van der Waals surface area (Å²) in [5.74, 6) is 0.0554. The molecule has 1 amide bonds. The highest BCUT2D eigenvalue weighted by Crippen LogP contribution is 2.30. The van der Waals surface area contributed by atoms with Gasteiger partial charge in [-0.25, -0.2) is 4.98 Å². The van der Waals surface area contributed by atoms with E-state index in [9.17, 15) is 4.79 Å². The van der Waals surface area contributed by atoms with Crippen LogP contribution in [0.15, 0.2) is 47.6 Å². The fourth-order valence-corrected chi connectivity index (χ4v) is 5.10. The van der Waals surface area contributed by atoms with Gasteiger partial charge in [0.05, 0.1) is 10.8 Å². The van der Waals surface area contributed by atoms with E-state index in [4.69, 9.17) is 4.98 Å². The number of carbonyl (C=O) groups is 1. The molecule has 0 aliphatic rings. The Morgan fingerprint density at radius 1 is 1.03 bits per heavy atom. The van der Waals surface area contributed by atoms with Crippen LogP contribution in [0.4, 0.5) is 0 Å². The van der Waals surface area contributed by atoms with E-state index in [2.05, 4.69) is 90.2 Å². The molecule has 34 heavy (non-hydrogen) atoms. The molecule has 0 saturated heterocycles. The second-order valence-corrected chi connectivity index (χ2v) is 10.1. The Balaban J connectivity index is 1.71. The lowest BCUT2D eigenvalue weighted by Gasteiger charge is -2.14. The van der Waals surface area contributed by atoms with E-state index >= 15 is 0 Å². The molecule has 1 unspecified atom stereocenters. The van der Waals surface area contributed by atoms with Crippen LogP contribution in [-0.2, 0) is 11.3 Å². The zero-order valence-corrected chi connectivity index (χ0v) is 21.3. The summed E-state index contributed by atoms with van der Waals surface area (Å²) in [6.07, 6.45) is 3.73. The minimum absolute atomic E-state index is 0.0554. The topological polar surface area (TPSA) is 72.7 Å². The van der Waals surface area contributed by atoms with Gasteiger partial charge in [-0.05, 0) is 44.4 Å². The van der Waals surface area contributed by atoms with Crippen LogP contribution in [0.25, 0.3) is 22.1 Å². The molecule has 7 heteroatoms. The Morgan fingerprint density at radius 2 is 1.79 bits per heavy atom. The van der Waals surface area contributed by atoms with Crippen LogP contribution in [0, 0.1) is 13.8 Å². The first-order valence-electron chi connectivity index (χ1n) is 12.1. The Hall–Kier alpha value is -2.93. The second kappa shape index (κ2) is 11.0. The standard InChI is InChI=1S/C27H33N5OS/c1-5-7-15-28-26(33)23(8-6-2)34-27-29-25-24(30-31-27)21-16-19(4)11-14-22(21)32(25)17-20-12-9-18(3)10-13-20/h9-14,16,23H,5-8,15,17H2,1-4H3,(H,28,33). The first-order chi connectivity index (χ1) is 16.5. The summed E-state index contributed by atoms with van der Waals surface area (Å²) in [4.78, 5) is 17.7. The van der Waals surface area contributed by atoms with E-state index < -0.39 is 0 Å². The van der Waals surface area contributed by atoms with Crippen LogP contribution < -0.4 is 5.32 Å². The maximum absolute atomic E-state index is 12.8. The molecule has 0 aliphatic heterocycles. The van der Waals surface area contributed by atoms with Crippen molar-refractivity contribution in [3.8, 4) is 0 Å². The molecule has 178 valence electrons. The van der Waals surface area contributed by atoms with E-state index in [1.165, 1.54) is 28.5 Å². The molecule has 1 atom stereocenters. The molecule has 2 aromatic carbocycles. The zero-order chi connectivity index (χ0) is 24.1. The lowest BCUT2D eigenvalue weighted by molar-refractivity contribution is -0.120. The van der Waals surface area contributed by atoms with Gasteiger partial charge < -0.3 is 9.88 Å². The molecule has 0 bridgehead atoms. The number of nitrogens with zero attached hydrogens (tertiary/aromatic N) is 4. The molecule has 1 N–H and O–H groups in total. The quantitative estimate of drug-likeness (QED) is 0.231. The third kappa shape index (κ3) is 5.41. The predicted molar refractivity (Wildman–Crippen MR) is 140 cm³/mol. The number of nitrogens with one attached hydrogen (secondary N) is 1. The molecule has 0 saturated carbocycles. The molecule has 0 spiro atoms. The van der Waals surface area contributed by atoms with E-state index in [0.29, 0.717) is 18.2 Å². The van der Waals surface area contributed by atoms with Crippen molar-refractivity contribution in [1.29, 1.82) is 0 Å². The fraction of sp³-hybridized carbons (Fsp3) is 0.407. The number of unbranched alkanes of at least 4 members (excludes halogenated alkanes) is 1. The largest absolute Gasteiger partial charge is 0.355 e. The van der Waals surface area contributed by atoms with Crippen molar-refractivity contribution in [2.75, 3.05) is 6.54 Å². The van der Waals surface area contributed by atoms with Gasteiger partial charge in [0, 0.05) is 18.5 Å². The van der Waals surface area contributed by atoms with E-state index in [-0.39, 0.29) is 11.2 Å². The number of fused-ring (bicyclic) bond motifs is 3. The SMILES string of the molecule is CCCCNC(=O)C(CCC)Sc1nnc2c3cc(C)ccc3n(Cc3ccc(C)cc3)c2n1. The average Bonchev–Trinajstić information content (AvgIpc) is 3.12. The number of rotatable bonds is 10. The summed E-state index contributed by atoms with van der Waals surface area (Å²) in [6.45, 7) is 9.80. The third-order valence-corrected chi connectivity index (χ3v) is 7.10. The number of carbonyl (C=O) groups excluding carboxylic acids is 1. The number of aryl methyl sites for hydroxylation is 2. The maximum atomic E-state index is 12.8. The van der Waals surface area contributed by atoms with Crippen molar-refractivity contribution in [3.05, 3.63) is 59.2 Å². The van der Waals surface area contributed by atoms with Gasteiger partial charge in [-0.2, -0.15) is 0 Å². The Morgan fingerprint density at radius 3 is 2.53 bits per heavy atom. The lowest BCUT2D eigenvalue weighted by atomic mass is 10.1. The van der Waals surface area contributed by atoms with Gasteiger partial charge in [0.2, 0.25) is 11.1 Å². The van der Waals surface area contributed by atoms with Gasteiger partial charge in [0.25, 0.3) is 0 Å². The molecule has 2 heterocycles. The molecule has 0 radical (unpaired) electrons. The molecule has 4 aromatic rings. The van der Waals surface area contributed by atoms with Crippen molar-refractivity contribution in [2.24, 2.45) is 0 Å². The highest BCUT2D eigenvalue weighted by molar-refractivity contribution is 8.00. The number of amides is 1. The highest BCUT2D eigenvalue weighted by Gasteiger charge is 2.22. The monoisotopic (exact) mass is 475 g/mol. The molecule has 0 aliphatic carbocycles. The van der Waals surface area contributed by atoms with Gasteiger partial charge in [-0.1, -0.05) is 79.9 Å². The molecule has 6 nitrogen and oxygen atoms in total. The third-order valence-electron chi connectivity index (χ3n) is 5.98. The number of hydrogen-bond donors (Lipinski definition) is 1. The summed E-state index contributed by atoms with van der Waals surface area (Å²) < 4.78 is 2.21. The summed E-state index contributed by atoms with van der Waals surface area (Å²) in [6, 6.07) is 15.0. The second-order valence-electron chi connectivity index (χ2n) is 8.90. The van der Waals surface area contributed by atoms with Gasteiger partial charge in [0.15, 0.2) is 5.65 Å². The number of hydrogen-bond acceptors (Lipinski definition) is 5. The zero-order valence-electron chi connectivity index (χ0n) is 20.5. The average molecular weight is 476 g/mol. The predicted octanol–water partition coefficient (Wildman–Crippen LogP) is 5.82. The first kappa shape index (κ1) is 24.2. The number of benzene rings is 2. The van der Waals surface area contributed by atoms with E-state index in [0.717, 1.165) is 47.8 Å². The Bertz CT molecular complexity index is 1280. The number of thioether (sulfide) groups is 1. The van der Waals surface area contributed by atoms with Crippen molar-refractivity contribution in [1.82, 2.24) is 25.1 Å². The molecular formula is C27H33N5OS. The number of aromatic nitrogens is 4. The normalized spacial score (nSPS) is 12.4. The summed E-state index contributed by atoms with van der Waals surface area (Å²) in [7, 11) is 0. The van der Waals surface area contributed by atoms with E-state index in [1.54, 1.807) is 0 Å². The van der Waals surface area contributed by atoms with Crippen LogP contribution in [0.2, 0.25) is 0 Å². The summed E-state index contributed by atoms with van der Waals surface area (Å²) in [5, 5.41) is 13.5. The fourth-order valence-electron chi connectivity index (χ4n) is 4.08. The van der Waals surface area contributed by atoms with Crippen molar-refractivity contribution in [2.45, 2.75) is 70.3 Å². The van der Waals surface area contributed by atoms with Crippen LogP contribution >= 0.6 is 11.8 Å². The van der Waals surface area contributed by atoms with Crippen LogP contribution in [0.3, 0.4) is 0 Å². The minimum atomic E-state index is -0.224. The summed E-state index contributed by atoms with van der Waals surface area (Å²) >= 11 is 1.41. The Kier molecular flexibility index (Phi) is 7.83. The van der Waals surface area contributed by atoms with Crippen molar-refractivity contribution in [3.63, 3.8) is 0 Å². The Labute approximate surface area is 205 Å². The van der Waals surface area contributed by atoms with Gasteiger partial charge in [-0.15, -0.1) is 10.2 Å². The maximum Gasteiger partial charge on any atom is 0.233 e. The van der Waals surface area contributed by atoms with Crippen LogP contribution in [0.1, 0.15) is 56.2 Å². The van der Waals surface area contributed by atoms with Crippen molar-refractivity contribution < 1.29 is 4.79 Å². The minimum Gasteiger partial charge on any atom is -0.355 e. The molecule has 2 aromatic heterocycles. The van der Waals surface area contributed by atoms with E-state index in [1.807, 2.05) is 0 Å². The molecule has 0 fully saturated rings. The lowest BCUT2D eigenvalue weighted by Crippen LogP contribution is -2.33. The highest BCUT2D eigenvalue weighted by atomic mass is 32.2. The summed E-state index contributed by atoms with van der Waals surface area (Å²) in [5.41, 5.74) is 6.32. The van der Waals surface area contributed by atoms with Gasteiger partial charge in [-0.3, -0.25) is 4.79 Å². The van der Waals surface area contributed by atoms with Gasteiger partial charge >= 0.3 is 0 Å². The van der Waals surface area contributed by atoms with Crippen molar-refractivity contribution >= 4 is 39.7 Å². The van der Waals surface area contributed by atoms with Gasteiger partial charge in [0.1, 0.15) is 5.52 Å². The first-order valence-corrected chi connectivity index (χ1v) is 13.0.